The second kappa shape index (κ2) is 6.50. The second-order valence-electron chi connectivity index (χ2n) is 5.34. The number of hydrogen-bond donors (Lipinski definition) is 1. The van der Waals surface area contributed by atoms with Crippen molar-refractivity contribution in [3.8, 4) is 0 Å². The highest BCUT2D eigenvalue weighted by Crippen LogP contribution is 2.22. The van der Waals surface area contributed by atoms with Crippen LogP contribution in [-0.2, 0) is 4.79 Å². The zero-order chi connectivity index (χ0) is 16.4. The number of rotatable bonds is 3. The Morgan fingerprint density at radius 3 is 2.57 bits per heavy atom. The maximum absolute atomic E-state index is 13.0. The molecule has 0 bridgehead atoms. The summed E-state index contributed by atoms with van der Waals surface area (Å²) in [6.45, 7) is 0.376. The Hall–Kier alpha value is -2.21. The number of halogens is 2. The molecule has 1 atom stereocenters. The van der Waals surface area contributed by atoms with Gasteiger partial charge in [0.1, 0.15) is 5.82 Å². The molecule has 4 nitrogen and oxygen atoms in total. The quantitative estimate of drug-likeness (QED) is 0.894. The van der Waals surface area contributed by atoms with E-state index in [4.69, 9.17) is 0 Å². The van der Waals surface area contributed by atoms with Gasteiger partial charge in [0.15, 0.2) is 0 Å². The fourth-order valence-electron chi connectivity index (χ4n) is 2.58. The van der Waals surface area contributed by atoms with Crippen molar-refractivity contribution in [2.75, 3.05) is 11.4 Å². The summed E-state index contributed by atoms with van der Waals surface area (Å²) in [6.07, 6.45) is 0.230. The van der Waals surface area contributed by atoms with Gasteiger partial charge in [-0.2, -0.15) is 0 Å². The number of benzene rings is 2. The zero-order valence-corrected chi connectivity index (χ0v) is 13.7. The molecule has 2 aromatic rings. The topological polar surface area (TPSA) is 49.4 Å². The third kappa shape index (κ3) is 3.42. The molecule has 0 aliphatic carbocycles. The van der Waals surface area contributed by atoms with Crippen LogP contribution in [-0.4, -0.2) is 24.4 Å². The minimum absolute atomic E-state index is 0.0889. The third-order valence-corrected chi connectivity index (χ3v) is 4.41. The lowest BCUT2D eigenvalue weighted by molar-refractivity contribution is -0.117. The largest absolute Gasteiger partial charge is 0.347 e. The van der Waals surface area contributed by atoms with Gasteiger partial charge in [0, 0.05) is 23.1 Å². The van der Waals surface area contributed by atoms with Gasteiger partial charge in [0.05, 0.1) is 11.6 Å². The smallest absolute Gasteiger partial charge is 0.252 e. The number of amides is 2. The highest BCUT2D eigenvalue weighted by Gasteiger charge is 2.31. The minimum Gasteiger partial charge on any atom is -0.347 e. The van der Waals surface area contributed by atoms with Gasteiger partial charge in [-0.1, -0.05) is 12.1 Å². The predicted octanol–water partition coefficient (Wildman–Crippen LogP) is 3.12. The van der Waals surface area contributed by atoms with Crippen LogP contribution in [0.15, 0.2) is 53.0 Å². The van der Waals surface area contributed by atoms with Crippen LogP contribution in [0.2, 0.25) is 0 Å². The van der Waals surface area contributed by atoms with Gasteiger partial charge in [-0.15, -0.1) is 0 Å². The molecule has 0 spiro atoms. The number of nitrogens with zero attached hydrogens (tertiary/aromatic N) is 1. The summed E-state index contributed by atoms with van der Waals surface area (Å²) >= 11 is 3.34. The molecule has 1 heterocycles. The fraction of sp³-hybridized carbons (Fsp3) is 0.176. The summed E-state index contributed by atoms with van der Waals surface area (Å²) in [4.78, 5) is 26.0. The first-order valence-electron chi connectivity index (χ1n) is 7.16. The zero-order valence-electron chi connectivity index (χ0n) is 12.1. The molecular formula is C17H14BrFN2O2. The van der Waals surface area contributed by atoms with Crippen LogP contribution in [0.5, 0.6) is 0 Å². The molecule has 0 aromatic heterocycles. The number of anilines is 1. The Bertz CT molecular complexity index is 749. The van der Waals surface area contributed by atoms with Crippen molar-refractivity contribution >= 4 is 33.4 Å². The SMILES string of the molecule is O=C(NC1CC(=O)N(c2ccc(F)cc2)C1)c1ccccc1Br. The monoisotopic (exact) mass is 376 g/mol. The molecule has 2 aromatic carbocycles. The fourth-order valence-corrected chi connectivity index (χ4v) is 3.05. The molecule has 2 amide bonds. The molecule has 3 rings (SSSR count). The second-order valence-corrected chi connectivity index (χ2v) is 6.19. The van der Waals surface area contributed by atoms with Crippen molar-refractivity contribution in [1.29, 1.82) is 0 Å². The van der Waals surface area contributed by atoms with Crippen molar-refractivity contribution in [1.82, 2.24) is 5.32 Å². The van der Waals surface area contributed by atoms with Gasteiger partial charge in [-0.3, -0.25) is 9.59 Å². The molecule has 23 heavy (non-hydrogen) atoms. The highest BCUT2D eigenvalue weighted by atomic mass is 79.9. The van der Waals surface area contributed by atoms with Crippen LogP contribution < -0.4 is 10.2 Å². The van der Waals surface area contributed by atoms with Crippen LogP contribution in [0.25, 0.3) is 0 Å². The van der Waals surface area contributed by atoms with Crippen molar-refractivity contribution in [3.05, 3.63) is 64.4 Å². The average molecular weight is 377 g/mol. The van der Waals surface area contributed by atoms with Gasteiger partial charge < -0.3 is 10.2 Å². The Kier molecular flexibility index (Phi) is 4.43. The van der Waals surface area contributed by atoms with E-state index >= 15 is 0 Å². The van der Waals surface area contributed by atoms with E-state index in [1.807, 2.05) is 6.07 Å². The molecule has 118 valence electrons. The highest BCUT2D eigenvalue weighted by molar-refractivity contribution is 9.10. The lowest BCUT2D eigenvalue weighted by Gasteiger charge is -2.17. The number of hydrogen-bond acceptors (Lipinski definition) is 2. The van der Waals surface area contributed by atoms with Gasteiger partial charge in [0.25, 0.3) is 5.91 Å². The van der Waals surface area contributed by atoms with E-state index in [-0.39, 0.29) is 30.1 Å². The van der Waals surface area contributed by atoms with Crippen LogP contribution in [0.3, 0.4) is 0 Å². The van der Waals surface area contributed by atoms with E-state index in [0.717, 1.165) is 0 Å². The van der Waals surface area contributed by atoms with Gasteiger partial charge in [-0.25, -0.2) is 4.39 Å². The lowest BCUT2D eigenvalue weighted by atomic mass is 10.2. The van der Waals surface area contributed by atoms with E-state index in [2.05, 4.69) is 21.2 Å². The molecule has 1 aliphatic heterocycles. The van der Waals surface area contributed by atoms with Crippen LogP contribution >= 0.6 is 15.9 Å². The van der Waals surface area contributed by atoms with E-state index < -0.39 is 0 Å². The van der Waals surface area contributed by atoms with Crippen LogP contribution in [0.4, 0.5) is 10.1 Å². The van der Waals surface area contributed by atoms with E-state index in [9.17, 15) is 14.0 Å². The van der Waals surface area contributed by atoms with Crippen molar-refractivity contribution in [2.24, 2.45) is 0 Å². The lowest BCUT2D eigenvalue weighted by Crippen LogP contribution is -2.37. The van der Waals surface area contributed by atoms with Gasteiger partial charge >= 0.3 is 0 Å². The molecule has 0 radical (unpaired) electrons. The molecular weight excluding hydrogens is 363 g/mol. The molecule has 1 aliphatic rings. The van der Waals surface area contributed by atoms with Crippen LogP contribution in [0, 0.1) is 5.82 Å². The van der Waals surface area contributed by atoms with Gasteiger partial charge in [-0.05, 0) is 52.3 Å². The van der Waals surface area contributed by atoms with E-state index in [1.165, 1.54) is 12.1 Å². The maximum Gasteiger partial charge on any atom is 0.252 e. The Balaban J connectivity index is 1.69. The van der Waals surface area contributed by atoms with Crippen LogP contribution in [0.1, 0.15) is 16.8 Å². The average Bonchev–Trinajstić information content (AvgIpc) is 2.89. The Labute approximate surface area is 141 Å². The molecule has 1 saturated heterocycles. The standard InChI is InChI=1S/C17H14BrFN2O2/c18-15-4-2-1-3-14(15)17(23)20-12-9-16(22)21(10-12)13-7-5-11(19)6-8-13/h1-8,12H,9-10H2,(H,20,23). The summed E-state index contributed by atoms with van der Waals surface area (Å²) < 4.78 is 13.7. The number of carbonyl (C=O) groups excluding carboxylic acids is 2. The molecule has 0 saturated carbocycles. The first-order chi connectivity index (χ1) is 11.0. The first kappa shape index (κ1) is 15.7. The normalized spacial score (nSPS) is 17.4. The number of carbonyl (C=O) groups is 2. The van der Waals surface area contributed by atoms with Crippen molar-refractivity contribution in [3.63, 3.8) is 0 Å². The summed E-state index contributed by atoms with van der Waals surface area (Å²) in [7, 11) is 0. The molecule has 1 fully saturated rings. The molecule has 1 unspecified atom stereocenters. The molecule has 6 heteroatoms. The van der Waals surface area contributed by atoms with Crippen molar-refractivity contribution in [2.45, 2.75) is 12.5 Å². The number of nitrogens with one attached hydrogen (secondary N) is 1. The Morgan fingerprint density at radius 1 is 1.17 bits per heavy atom. The predicted molar refractivity (Wildman–Crippen MR) is 88.8 cm³/mol. The summed E-state index contributed by atoms with van der Waals surface area (Å²) in [6, 6.07) is 12.6. The van der Waals surface area contributed by atoms with E-state index in [0.29, 0.717) is 22.3 Å². The molecule has 1 N–H and O–H groups in total. The summed E-state index contributed by atoms with van der Waals surface area (Å²) in [5.74, 6) is -0.663. The third-order valence-electron chi connectivity index (χ3n) is 3.72. The first-order valence-corrected chi connectivity index (χ1v) is 7.95. The minimum atomic E-state index is -0.348. The van der Waals surface area contributed by atoms with E-state index in [1.54, 1.807) is 35.2 Å². The summed E-state index contributed by atoms with van der Waals surface area (Å²) in [5.41, 5.74) is 1.16. The maximum atomic E-state index is 13.0. The Morgan fingerprint density at radius 2 is 1.87 bits per heavy atom. The van der Waals surface area contributed by atoms with Crippen molar-refractivity contribution < 1.29 is 14.0 Å². The summed E-state index contributed by atoms with van der Waals surface area (Å²) in [5, 5.41) is 2.87. The van der Waals surface area contributed by atoms with Gasteiger partial charge in [0.2, 0.25) is 5.91 Å².